The lowest BCUT2D eigenvalue weighted by atomic mass is 10.0. The van der Waals surface area contributed by atoms with Gasteiger partial charge in [0.2, 0.25) is 11.9 Å². The molecule has 7 heteroatoms. The van der Waals surface area contributed by atoms with E-state index in [0.29, 0.717) is 30.1 Å². The number of nitrogens with zero attached hydrogens (tertiary/aromatic N) is 4. The summed E-state index contributed by atoms with van der Waals surface area (Å²) >= 11 is 0. The number of amides is 1. The molecular weight excluding hydrogens is 414 g/mol. The maximum absolute atomic E-state index is 12.6. The molecule has 33 heavy (non-hydrogen) atoms. The molecule has 5 rings (SSSR count). The molecule has 0 bridgehead atoms. The van der Waals surface area contributed by atoms with Crippen molar-refractivity contribution in [3.63, 3.8) is 0 Å². The number of rotatable bonds is 6. The van der Waals surface area contributed by atoms with E-state index in [-0.39, 0.29) is 11.8 Å². The Morgan fingerprint density at radius 2 is 1.82 bits per heavy atom. The molecule has 2 heterocycles. The molecule has 2 atom stereocenters. The van der Waals surface area contributed by atoms with Crippen LogP contribution in [-0.4, -0.2) is 35.1 Å². The summed E-state index contributed by atoms with van der Waals surface area (Å²) in [6, 6.07) is 8.19. The highest BCUT2D eigenvalue weighted by Crippen LogP contribution is 2.55. The van der Waals surface area contributed by atoms with Gasteiger partial charge >= 0.3 is 0 Å². The summed E-state index contributed by atoms with van der Waals surface area (Å²) in [5, 5.41) is 7.26. The summed E-state index contributed by atoms with van der Waals surface area (Å²) in [7, 11) is 3.84. The molecule has 2 aromatic heterocycles. The van der Waals surface area contributed by atoms with Gasteiger partial charge in [-0.2, -0.15) is 0 Å². The number of hydrogen-bond acceptors (Lipinski definition) is 6. The molecule has 0 radical (unpaired) electrons. The molecule has 172 valence electrons. The highest BCUT2D eigenvalue weighted by molar-refractivity contribution is 5.82. The smallest absolute Gasteiger partial charge is 0.225 e. The van der Waals surface area contributed by atoms with E-state index in [0.717, 1.165) is 33.6 Å². The minimum absolute atomic E-state index is 0.223. The Kier molecular flexibility index (Phi) is 5.64. The number of benzene rings is 1. The first kappa shape index (κ1) is 21.6. The van der Waals surface area contributed by atoms with Gasteiger partial charge < -0.3 is 14.7 Å². The molecule has 0 spiro atoms. The van der Waals surface area contributed by atoms with Crippen LogP contribution < -0.4 is 10.2 Å². The van der Waals surface area contributed by atoms with Crippen LogP contribution in [0.25, 0.3) is 22.6 Å². The Morgan fingerprint density at radius 3 is 2.42 bits per heavy atom. The van der Waals surface area contributed by atoms with Crippen LogP contribution in [0.15, 0.2) is 35.0 Å². The molecule has 2 unspecified atom stereocenters. The Bertz CT molecular complexity index is 1160. The van der Waals surface area contributed by atoms with Crippen LogP contribution in [0, 0.1) is 31.6 Å². The number of anilines is 1. The fourth-order valence-corrected chi connectivity index (χ4v) is 5.11. The normalized spacial score (nSPS) is 21.4. The van der Waals surface area contributed by atoms with Crippen LogP contribution in [-0.2, 0) is 11.3 Å². The topological polar surface area (TPSA) is 84.2 Å². The van der Waals surface area contributed by atoms with E-state index < -0.39 is 0 Å². The van der Waals surface area contributed by atoms with Crippen molar-refractivity contribution in [2.24, 2.45) is 17.8 Å². The lowest BCUT2D eigenvalue weighted by Crippen LogP contribution is -2.25. The molecule has 1 N–H and O–H groups in total. The molecule has 0 aliphatic heterocycles. The van der Waals surface area contributed by atoms with Crippen molar-refractivity contribution < 1.29 is 9.32 Å². The standard InChI is InChI=1S/C26H31N5O2/c1-15-16(2)30-33-24(15)21-14-28-26(31(3)4)29-23(21)18-11-9-17(10-12-18)13-27-25(32)22-19-7-5-6-8-20(19)22/h9-12,14,19-20,22H,5-8,13H2,1-4H3,(H,27,32). The zero-order valence-electron chi connectivity index (χ0n) is 19.8. The quantitative estimate of drug-likeness (QED) is 0.600. The average Bonchev–Trinajstić information content (AvgIpc) is 3.48. The van der Waals surface area contributed by atoms with Crippen LogP contribution in [0.3, 0.4) is 0 Å². The second-order valence-electron chi connectivity index (χ2n) is 9.60. The van der Waals surface area contributed by atoms with Crippen LogP contribution in [0.5, 0.6) is 0 Å². The number of carbonyl (C=O) groups excluding carboxylic acids is 1. The van der Waals surface area contributed by atoms with Crippen LogP contribution >= 0.6 is 0 Å². The van der Waals surface area contributed by atoms with Gasteiger partial charge in [-0.3, -0.25) is 4.79 Å². The highest BCUT2D eigenvalue weighted by atomic mass is 16.5. The summed E-state index contributed by atoms with van der Waals surface area (Å²) in [6.07, 6.45) is 6.80. The van der Waals surface area contributed by atoms with Gasteiger partial charge in [0.25, 0.3) is 0 Å². The van der Waals surface area contributed by atoms with Crippen LogP contribution in [0.4, 0.5) is 5.95 Å². The number of aryl methyl sites for hydroxylation is 1. The molecule has 2 fully saturated rings. The van der Waals surface area contributed by atoms with Gasteiger partial charge in [0.15, 0.2) is 5.76 Å². The third-order valence-electron chi connectivity index (χ3n) is 7.23. The van der Waals surface area contributed by atoms with Crippen molar-refractivity contribution in [2.75, 3.05) is 19.0 Å². The molecule has 7 nitrogen and oxygen atoms in total. The Morgan fingerprint density at radius 1 is 1.12 bits per heavy atom. The average molecular weight is 446 g/mol. The van der Waals surface area contributed by atoms with Gasteiger partial charge in [0.05, 0.1) is 17.0 Å². The fraction of sp³-hybridized carbons (Fsp3) is 0.462. The summed E-state index contributed by atoms with van der Waals surface area (Å²) in [5.41, 5.74) is 5.49. The summed E-state index contributed by atoms with van der Waals surface area (Å²) in [5.74, 6) is 3.05. The lowest BCUT2D eigenvalue weighted by molar-refractivity contribution is -0.123. The van der Waals surface area contributed by atoms with Crippen molar-refractivity contribution in [2.45, 2.75) is 46.1 Å². The number of nitrogens with one attached hydrogen (secondary N) is 1. The fourth-order valence-electron chi connectivity index (χ4n) is 5.11. The van der Waals surface area contributed by atoms with Crippen LogP contribution in [0.1, 0.15) is 42.5 Å². The molecular formula is C26H31N5O2. The van der Waals surface area contributed by atoms with E-state index in [1.165, 1.54) is 25.7 Å². The van der Waals surface area contributed by atoms with Gasteiger partial charge in [0.1, 0.15) is 0 Å². The minimum atomic E-state index is 0.223. The van der Waals surface area contributed by atoms with Gasteiger partial charge in [-0.25, -0.2) is 9.97 Å². The molecule has 3 aromatic rings. The first-order chi connectivity index (χ1) is 15.9. The largest absolute Gasteiger partial charge is 0.356 e. The van der Waals surface area contributed by atoms with E-state index in [9.17, 15) is 4.79 Å². The van der Waals surface area contributed by atoms with Gasteiger partial charge in [-0.05, 0) is 44.1 Å². The van der Waals surface area contributed by atoms with Crippen molar-refractivity contribution in [1.82, 2.24) is 20.4 Å². The molecule has 2 aliphatic carbocycles. The molecule has 0 saturated heterocycles. The predicted octanol–water partition coefficient (Wildman–Crippen LogP) is 4.53. The Labute approximate surface area is 194 Å². The van der Waals surface area contributed by atoms with Crippen LogP contribution in [0.2, 0.25) is 0 Å². The summed E-state index contributed by atoms with van der Waals surface area (Å²) in [4.78, 5) is 23.8. The molecule has 2 saturated carbocycles. The monoisotopic (exact) mass is 445 g/mol. The maximum Gasteiger partial charge on any atom is 0.225 e. The van der Waals surface area contributed by atoms with Gasteiger partial charge in [-0.1, -0.05) is 42.3 Å². The predicted molar refractivity (Wildman–Crippen MR) is 128 cm³/mol. The number of hydrogen-bond donors (Lipinski definition) is 1. The zero-order chi connectivity index (χ0) is 23.1. The SMILES string of the molecule is Cc1noc(-c2cnc(N(C)C)nc2-c2ccc(CNC(=O)C3C4CCCCC43)cc2)c1C. The Balaban J connectivity index is 1.35. The first-order valence-corrected chi connectivity index (χ1v) is 11.8. The van der Waals surface area contributed by atoms with E-state index in [2.05, 4.69) is 27.6 Å². The first-order valence-electron chi connectivity index (χ1n) is 11.8. The van der Waals surface area contributed by atoms with Crippen molar-refractivity contribution in [3.8, 4) is 22.6 Å². The second kappa shape index (κ2) is 8.61. The molecule has 1 amide bonds. The Hall–Kier alpha value is -3.22. The van der Waals surface area contributed by atoms with Crippen molar-refractivity contribution >= 4 is 11.9 Å². The van der Waals surface area contributed by atoms with Crippen molar-refractivity contribution in [3.05, 3.63) is 47.3 Å². The number of fused-ring (bicyclic) bond motifs is 1. The summed E-state index contributed by atoms with van der Waals surface area (Å²) in [6.45, 7) is 4.47. The minimum Gasteiger partial charge on any atom is -0.356 e. The van der Waals surface area contributed by atoms with E-state index >= 15 is 0 Å². The number of aromatic nitrogens is 3. The van der Waals surface area contributed by atoms with Gasteiger partial charge in [-0.15, -0.1) is 0 Å². The highest BCUT2D eigenvalue weighted by Gasteiger charge is 2.54. The maximum atomic E-state index is 12.6. The van der Waals surface area contributed by atoms with E-state index in [1.807, 2.05) is 45.0 Å². The molecule has 1 aromatic carbocycles. The molecule has 2 aliphatic rings. The third-order valence-corrected chi connectivity index (χ3v) is 7.23. The van der Waals surface area contributed by atoms with E-state index in [1.54, 1.807) is 6.20 Å². The zero-order valence-corrected chi connectivity index (χ0v) is 19.8. The van der Waals surface area contributed by atoms with E-state index in [4.69, 9.17) is 9.51 Å². The van der Waals surface area contributed by atoms with Gasteiger partial charge in [0, 0.05) is 43.9 Å². The summed E-state index contributed by atoms with van der Waals surface area (Å²) < 4.78 is 5.61. The number of carbonyl (C=O) groups is 1. The second-order valence-corrected chi connectivity index (χ2v) is 9.60. The lowest BCUT2D eigenvalue weighted by Gasteiger charge is -2.14. The van der Waals surface area contributed by atoms with Crippen molar-refractivity contribution in [1.29, 1.82) is 0 Å². The third kappa shape index (κ3) is 4.12.